The molecule has 2 heterocycles. The van der Waals surface area contributed by atoms with Crippen molar-refractivity contribution in [1.82, 2.24) is 15.6 Å². The number of carbonyl (C=O) groups is 1. The molecule has 5 heteroatoms. The summed E-state index contributed by atoms with van der Waals surface area (Å²) in [5.74, 6) is 1.14. The van der Waals surface area contributed by atoms with Crippen LogP contribution in [0.4, 0.5) is 5.82 Å². The van der Waals surface area contributed by atoms with Gasteiger partial charge in [0.05, 0.1) is 0 Å². The van der Waals surface area contributed by atoms with Crippen LogP contribution in [0.15, 0.2) is 18.3 Å². The van der Waals surface area contributed by atoms with Crippen molar-refractivity contribution in [2.75, 3.05) is 18.0 Å². The summed E-state index contributed by atoms with van der Waals surface area (Å²) >= 11 is 0. The van der Waals surface area contributed by atoms with Crippen molar-refractivity contribution in [3.8, 4) is 0 Å². The summed E-state index contributed by atoms with van der Waals surface area (Å²) in [5.41, 5.74) is 1.24. The maximum Gasteiger partial charge on any atom is 0.217 e. The summed E-state index contributed by atoms with van der Waals surface area (Å²) in [6.07, 6.45) is 3.81. The first kappa shape index (κ1) is 15.8. The molecule has 1 aromatic rings. The van der Waals surface area contributed by atoms with Crippen LogP contribution in [0.1, 0.15) is 39.2 Å². The third-order valence-electron chi connectivity index (χ3n) is 3.77. The Bertz CT molecular complexity index is 467. The van der Waals surface area contributed by atoms with Gasteiger partial charge in [-0.1, -0.05) is 19.9 Å². The van der Waals surface area contributed by atoms with Gasteiger partial charge in [0.1, 0.15) is 5.82 Å². The van der Waals surface area contributed by atoms with Gasteiger partial charge in [0, 0.05) is 50.4 Å². The third kappa shape index (κ3) is 4.70. The number of amides is 1. The zero-order valence-corrected chi connectivity index (χ0v) is 13.2. The van der Waals surface area contributed by atoms with Gasteiger partial charge in [-0.2, -0.15) is 0 Å². The van der Waals surface area contributed by atoms with Crippen molar-refractivity contribution >= 4 is 11.7 Å². The van der Waals surface area contributed by atoms with E-state index < -0.39 is 0 Å². The fraction of sp³-hybridized carbons (Fsp3) is 0.625. The first-order chi connectivity index (χ1) is 10.1. The van der Waals surface area contributed by atoms with Crippen molar-refractivity contribution in [2.45, 2.75) is 52.2 Å². The Morgan fingerprint density at radius 2 is 2.14 bits per heavy atom. The largest absolute Gasteiger partial charge is 0.356 e. The molecule has 116 valence electrons. The maximum absolute atomic E-state index is 11.1. The number of rotatable bonds is 5. The fourth-order valence-electron chi connectivity index (χ4n) is 2.69. The van der Waals surface area contributed by atoms with Gasteiger partial charge in [-0.3, -0.25) is 4.79 Å². The molecule has 2 rings (SSSR count). The number of piperidine rings is 1. The summed E-state index contributed by atoms with van der Waals surface area (Å²) in [7, 11) is 0. The molecule has 0 unspecified atom stereocenters. The molecule has 1 aliphatic heterocycles. The number of anilines is 1. The molecule has 5 nitrogen and oxygen atoms in total. The molecule has 0 atom stereocenters. The summed E-state index contributed by atoms with van der Waals surface area (Å²) in [5, 5.41) is 6.46. The number of hydrogen-bond acceptors (Lipinski definition) is 4. The molecule has 0 radical (unpaired) electrons. The lowest BCUT2D eigenvalue weighted by atomic mass is 10.0. The SMILES string of the molecule is CC(=O)NC1CCN(c2ncccc2CNC(C)C)CC1. The van der Waals surface area contributed by atoms with Gasteiger partial charge >= 0.3 is 0 Å². The van der Waals surface area contributed by atoms with Gasteiger partial charge in [0.25, 0.3) is 0 Å². The Morgan fingerprint density at radius 3 is 2.76 bits per heavy atom. The minimum Gasteiger partial charge on any atom is -0.356 e. The molecular weight excluding hydrogens is 264 g/mol. The predicted octanol–water partition coefficient (Wildman–Crippen LogP) is 1.68. The van der Waals surface area contributed by atoms with Crippen LogP contribution in [0.5, 0.6) is 0 Å². The maximum atomic E-state index is 11.1. The molecule has 0 bridgehead atoms. The van der Waals surface area contributed by atoms with Gasteiger partial charge in [0.2, 0.25) is 5.91 Å². The molecule has 0 spiro atoms. The van der Waals surface area contributed by atoms with Gasteiger partial charge in [0.15, 0.2) is 0 Å². The second-order valence-electron chi connectivity index (χ2n) is 5.98. The average molecular weight is 290 g/mol. The van der Waals surface area contributed by atoms with Gasteiger partial charge in [-0.15, -0.1) is 0 Å². The van der Waals surface area contributed by atoms with E-state index >= 15 is 0 Å². The molecule has 1 amide bonds. The lowest BCUT2D eigenvalue weighted by molar-refractivity contribution is -0.119. The van der Waals surface area contributed by atoms with Gasteiger partial charge in [-0.05, 0) is 18.9 Å². The van der Waals surface area contributed by atoms with Crippen molar-refractivity contribution in [2.24, 2.45) is 0 Å². The van der Waals surface area contributed by atoms with Crippen LogP contribution in [0, 0.1) is 0 Å². The normalized spacial score (nSPS) is 16.3. The van der Waals surface area contributed by atoms with Crippen LogP contribution in [0.2, 0.25) is 0 Å². The van der Waals surface area contributed by atoms with E-state index in [1.165, 1.54) is 5.56 Å². The van der Waals surface area contributed by atoms with Crippen LogP contribution in [0.3, 0.4) is 0 Å². The van der Waals surface area contributed by atoms with E-state index in [0.717, 1.165) is 38.3 Å². The highest BCUT2D eigenvalue weighted by molar-refractivity contribution is 5.73. The second-order valence-corrected chi connectivity index (χ2v) is 5.98. The van der Waals surface area contributed by atoms with Crippen LogP contribution in [0.25, 0.3) is 0 Å². The van der Waals surface area contributed by atoms with Crippen molar-refractivity contribution < 1.29 is 4.79 Å². The Balaban J connectivity index is 1.98. The van der Waals surface area contributed by atoms with E-state index in [-0.39, 0.29) is 5.91 Å². The molecule has 1 aromatic heterocycles. The van der Waals surface area contributed by atoms with E-state index in [1.807, 2.05) is 12.3 Å². The third-order valence-corrected chi connectivity index (χ3v) is 3.77. The first-order valence-corrected chi connectivity index (χ1v) is 7.75. The van der Waals surface area contributed by atoms with Gasteiger partial charge < -0.3 is 15.5 Å². The Kier molecular flexibility index (Phi) is 5.56. The summed E-state index contributed by atoms with van der Waals surface area (Å²) in [6, 6.07) is 4.89. The van der Waals surface area contributed by atoms with Crippen molar-refractivity contribution in [1.29, 1.82) is 0 Å². The van der Waals surface area contributed by atoms with Crippen LogP contribution in [-0.2, 0) is 11.3 Å². The summed E-state index contributed by atoms with van der Waals surface area (Å²) in [4.78, 5) is 18.0. The first-order valence-electron chi connectivity index (χ1n) is 7.75. The van der Waals surface area contributed by atoms with Crippen LogP contribution in [-0.4, -0.2) is 36.1 Å². The quantitative estimate of drug-likeness (QED) is 0.866. The molecule has 1 aliphatic rings. The van der Waals surface area contributed by atoms with Crippen molar-refractivity contribution in [3.05, 3.63) is 23.9 Å². The zero-order valence-electron chi connectivity index (χ0n) is 13.2. The topological polar surface area (TPSA) is 57.3 Å². The van der Waals surface area contributed by atoms with Gasteiger partial charge in [-0.25, -0.2) is 4.98 Å². The number of carbonyl (C=O) groups excluding carboxylic acids is 1. The fourth-order valence-corrected chi connectivity index (χ4v) is 2.69. The van der Waals surface area contributed by atoms with Crippen LogP contribution < -0.4 is 15.5 Å². The molecule has 0 saturated carbocycles. The van der Waals surface area contributed by atoms with E-state index in [1.54, 1.807) is 6.92 Å². The number of aromatic nitrogens is 1. The lowest BCUT2D eigenvalue weighted by Gasteiger charge is -2.34. The van der Waals surface area contributed by atoms with E-state index in [4.69, 9.17) is 0 Å². The summed E-state index contributed by atoms with van der Waals surface area (Å²) in [6.45, 7) is 8.60. The highest BCUT2D eigenvalue weighted by Crippen LogP contribution is 2.21. The van der Waals surface area contributed by atoms with E-state index in [9.17, 15) is 4.79 Å². The van der Waals surface area contributed by atoms with Crippen LogP contribution >= 0.6 is 0 Å². The standard InChI is InChI=1S/C16H26N4O/c1-12(2)18-11-14-5-4-8-17-16(14)20-9-6-15(7-10-20)19-13(3)21/h4-5,8,12,15,18H,6-7,9-11H2,1-3H3,(H,19,21). The summed E-state index contributed by atoms with van der Waals surface area (Å²) < 4.78 is 0. The number of nitrogens with one attached hydrogen (secondary N) is 2. The monoisotopic (exact) mass is 290 g/mol. The molecule has 2 N–H and O–H groups in total. The molecular formula is C16H26N4O. The highest BCUT2D eigenvalue weighted by atomic mass is 16.1. The number of nitrogens with zero attached hydrogens (tertiary/aromatic N) is 2. The molecule has 1 fully saturated rings. The Morgan fingerprint density at radius 1 is 1.43 bits per heavy atom. The lowest BCUT2D eigenvalue weighted by Crippen LogP contribution is -2.44. The van der Waals surface area contributed by atoms with E-state index in [2.05, 4.69) is 40.4 Å². The minimum absolute atomic E-state index is 0.0631. The average Bonchev–Trinajstić information content (AvgIpc) is 2.46. The Labute approximate surface area is 127 Å². The van der Waals surface area contributed by atoms with E-state index in [0.29, 0.717) is 12.1 Å². The highest BCUT2D eigenvalue weighted by Gasteiger charge is 2.22. The minimum atomic E-state index is 0.0631. The smallest absolute Gasteiger partial charge is 0.217 e. The zero-order chi connectivity index (χ0) is 15.2. The Hall–Kier alpha value is -1.62. The second kappa shape index (κ2) is 7.41. The predicted molar refractivity (Wildman–Crippen MR) is 85.3 cm³/mol. The number of hydrogen-bond donors (Lipinski definition) is 2. The molecule has 21 heavy (non-hydrogen) atoms. The molecule has 1 saturated heterocycles. The molecule has 0 aliphatic carbocycles. The molecule has 0 aromatic carbocycles. The number of pyridine rings is 1. The van der Waals surface area contributed by atoms with Crippen molar-refractivity contribution in [3.63, 3.8) is 0 Å².